The molecule has 0 fully saturated rings. The number of carbonyl (C=O) groups is 2. The van der Waals surface area contributed by atoms with Crippen LogP contribution >= 0.6 is 11.6 Å². The largest absolute Gasteiger partial charge is 0.478 e. The van der Waals surface area contributed by atoms with Crippen LogP contribution in [0.25, 0.3) is 33.5 Å². The molecule has 0 aliphatic carbocycles. The van der Waals surface area contributed by atoms with Crippen LogP contribution in [0.3, 0.4) is 0 Å². The number of carbonyl (C=O) groups excluding carboxylic acids is 1. The van der Waals surface area contributed by atoms with Crippen LogP contribution in [-0.2, 0) is 5.41 Å². The highest BCUT2D eigenvalue weighted by molar-refractivity contribution is 6.31. The molecule has 0 saturated heterocycles. The molecule has 1 heterocycles. The number of hydrogen-bond donors (Lipinski definition) is 3. The van der Waals surface area contributed by atoms with Crippen LogP contribution in [0.5, 0.6) is 0 Å². The summed E-state index contributed by atoms with van der Waals surface area (Å²) >= 11 is 6.46. The highest BCUT2D eigenvalue weighted by Crippen LogP contribution is 2.38. The molecule has 0 unspecified atom stereocenters. The minimum absolute atomic E-state index is 0.0112. The Morgan fingerprint density at radius 2 is 1.67 bits per heavy atom. The fourth-order valence-electron chi connectivity index (χ4n) is 5.43. The third-order valence-electron chi connectivity index (χ3n) is 7.80. The van der Waals surface area contributed by atoms with Gasteiger partial charge in [-0.05, 0) is 89.0 Å². The number of amides is 1. The van der Waals surface area contributed by atoms with Gasteiger partial charge in [0.25, 0.3) is 5.91 Å². The number of aromatic carboxylic acids is 1. The number of aromatic nitrogens is 2. The van der Waals surface area contributed by atoms with E-state index in [0.29, 0.717) is 38.7 Å². The lowest BCUT2D eigenvalue weighted by atomic mass is 9.87. The molecular weight excluding hydrogens is 558 g/mol. The average Bonchev–Trinajstić information content (AvgIpc) is 3.40. The van der Waals surface area contributed by atoms with Gasteiger partial charge in [-0.1, -0.05) is 82.1 Å². The van der Waals surface area contributed by atoms with Crippen LogP contribution < -0.4 is 5.32 Å². The van der Waals surface area contributed by atoms with Gasteiger partial charge in [0.05, 0.1) is 22.6 Å². The maximum absolute atomic E-state index is 13.5. The molecule has 0 aliphatic rings. The van der Waals surface area contributed by atoms with E-state index in [9.17, 15) is 14.7 Å². The summed E-state index contributed by atoms with van der Waals surface area (Å²) in [6.07, 6.45) is 1.65. The number of H-pyrrole nitrogens is 1. The van der Waals surface area contributed by atoms with Crippen molar-refractivity contribution >= 4 is 34.5 Å². The number of rotatable bonds is 8. The van der Waals surface area contributed by atoms with E-state index in [4.69, 9.17) is 16.6 Å². The predicted molar refractivity (Wildman–Crippen MR) is 174 cm³/mol. The Labute approximate surface area is 257 Å². The molecule has 0 radical (unpaired) electrons. The van der Waals surface area contributed by atoms with Gasteiger partial charge in [0, 0.05) is 16.1 Å². The third kappa shape index (κ3) is 6.35. The van der Waals surface area contributed by atoms with Crippen LogP contribution in [0.2, 0.25) is 5.02 Å². The number of carboxylic acid groups (broad SMARTS) is 1. The van der Waals surface area contributed by atoms with Crippen molar-refractivity contribution < 1.29 is 14.7 Å². The van der Waals surface area contributed by atoms with Gasteiger partial charge in [-0.25, -0.2) is 9.78 Å². The normalized spacial score (nSPS) is 12.3. The Balaban J connectivity index is 1.58. The second kappa shape index (κ2) is 12.1. The molecule has 5 rings (SSSR count). The Kier molecular flexibility index (Phi) is 8.43. The van der Waals surface area contributed by atoms with Crippen molar-refractivity contribution in [3.63, 3.8) is 0 Å². The Bertz CT molecular complexity index is 1820. The van der Waals surface area contributed by atoms with Crippen molar-refractivity contribution in [2.45, 2.75) is 58.9 Å². The number of imidazole rings is 1. The first kappa shape index (κ1) is 30.1. The zero-order valence-electron chi connectivity index (χ0n) is 25.1. The maximum Gasteiger partial charge on any atom is 0.336 e. The highest BCUT2D eigenvalue weighted by Gasteiger charge is 2.24. The first-order chi connectivity index (χ1) is 20.5. The van der Waals surface area contributed by atoms with Gasteiger partial charge in [-0.15, -0.1) is 0 Å². The van der Waals surface area contributed by atoms with Crippen molar-refractivity contribution in [3.05, 3.63) is 112 Å². The van der Waals surface area contributed by atoms with Gasteiger partial charge in [0.15, 0.2) is 0 Å². The second-order valence-corrected chi connectivity index (χ2v) is 12.4. The molecule has 3 N–H and O–H groups in total. The van der Waals surface area contributed by atoms with E-state index < -0.39 is 5.97 Å². The van der Waals surface area contributed by atoms with Gasteiger partial charge >= 0.3 is 5.97 Å². The molecule has 7 heteroatoms. The van der Waals surface area contributed by atoms with Gasteiger partial charge in [0.2, 0.25) is 0 Å². The maximum atomic E-state index is 13.5. The van der Waals surface area contributed by atoms with E-state index in [1.54, 1.807) is 18.2 Å². The standard InChI is InChI=1S/C36H36ClN3O3/c1-6-10-30(22-11-8-7-9-12-22)40-34(41)26-20-29(35(42)43)27(17-21(26)2)28-19-24(37)14-15-25(28)33-38-31-16-13-23(36(3,4)5)18-32(31)39-33/h7-9,11-20,30H,6,10H2,1-5H3,(H,38,39)(H,40,41)(H,42,43)/t30-/m1/s1. The van der Waals surface area contributed by atoms with Crippen molar-refractivity contribution in [3.8, 4) is 22.5 Å². The molecule has 4 aromatic carbocycles. The molecule has 1 aromatic heterocycles. The SMILES string of the molecule is CCC[C@@H](NC(=O)c1cc(C(=O)O)c(-c2cc(Cl)ccc2-c2nc3ccc(C(C)(C)C)cc3[nH]2)cc1C)c1ccccc1. The molecular formula is C36H36ClN3O3. The second-order valence-electron chi connectivity index (χ2n) is 12.0. The molecule has 1 atom stereocenters. The molecule has 5 aromatic rings. The third-order valence-corrected chi connectivity index (χ3v) is 8.03. The monoisotopic (exact) mass is 593 g/mol. The fourth-order valence-corrected chi connectivity index (χ4v) is 5.61. The molecule has 0 bridgehead atoms. The molecule has 6 nitrogen and oxygen atoms in total. The van der Waals surface area contributed by atoms with Crippen molar-refractivity contribution in [2.24, 2.45) is 0 Å². The van der Waals surface area contributed by atoms with Gasteiger partial charge in [-0.2, -0.15) is 0 Å². The number of nitrogens with one attached hydrogen (secondary N) is 2. The summed E-state index contributed by atoms with van der Waals surface area (Å²) in [5.41, 5.74) is 6.64. The smallest absolute Gasteiger partial charge is 0.336 e. The number of fused-ring (bicyclic) bond motifs is 1. The van der Waals surface area contributed by atoms with E-state index in [1.807, 2.05) is 49.4 Å². The average molecular weight is 594 g/mol. The number of halogens is 1. The lowest BCUT2D eigenvalue weighted by Crippen LogP contribution is -2.29. The first-order valence-corrected chi connectivity index (χ1v) is 14.9. The summed E-state index contributed by atoms with van der Waals surface area (Å²) in [5, 5.41) is 13.9. The van der Waals surface area contributed by atoms with Crippen molar-refractivity contribution in [1.29, 1.82) is 0 Å². The van der Waals surface area contributed by atoms with Gasteiger partial charge in [-0.3, -0.25) is 4.79 Å². The Morgan fingerprint density at radius 3 is 2.35 bits per heavy atom. The molecule has 220 valence electrons. The summed E-state index contributed by atoms with van der Waals surface area (Å²) in [6.45, 7) is 10.4. The zero-order chi connectivity index (χ0) is 30.9. The summed E-state index contributed by atoms with van der Waals surface area (Å²) in [5.74, 6) is -0.844. The molecule has 0 saturated carbocycles. The summed E-state index contributed by atoms with van der Waals surface area (Å²) < 4.78 is 0. The zero-order valence-corrected chi connectivity index (χ0v) is 25.8. The number of carboxylic acids is 1. The van der Waals surface area contributed by atoms with Gasteiger partial charge in [0.1, 0.15) is 5.82 Å². The predicted octanol–water partition coefficient (Wildman–Crippen LogP) is 9.13. The van der Waals surface area contributed by atoms with Crippen LogP contribution in [0.1, 0.15) is 84.0 Å². The summed E-state index contributed by atoms with van der Waals surface area (Å²) in [4.78, 5) is 34.5. The molecule has 1 amide bonds. The minimum Gasteiger partial charge on any atom is -0.478 e. The number of aromatic amines is 1. The fraction of sp³-hybridized carbons (Fsp3) is 0.250. The molecule has 0 aliphatic heterocycles. The molecule has 43 heavy (non-hydrogen) atoms. The quantitative estimate of drug-likeness (QED) is 0.167. The first-order valence-electron chi connectivity index (χ1n) is 14.5. The number of nitrogens with zero attached hydrogens (tertiary/aromatic N) is 1. The van der Waals surface area contributed by atoms with E-state index in [2.05, 4.69) is 50.1 Å². The minimum atomic E-state index is -1.14. The molecule has 0 spiro atoms. The lowest BCUT2D eigenvalue weighted by molar-refractivity contribution is 0.0697. The number of aryl methyl sites for hydroxylation is 1. The van der Waals surface area contributed by atoms with E-state index in [-0.39, 0.29) is 22.9 Å². The number of hydrogen-bond acceptors (Lipinski definition) is 3. The van der Waals surface area contributed by atoms with E-state index in [0.717, 1.165) is 29.4 Å². The lowest BCUT2D eigenvalue weighted by Gasteiger charge is -2.20. The number of benzene rings is 4. The van der Waals surface area contributed by atoms with Crippen LogP contribution in [-0.4, -0.2) is 27.0 Å². The summed E-state index contributed by atoms with van der Waals surface area (Å²) in [7, 11) is 0. The topological polar surface area (TPSA) is 95.1 Å². The Hall–Kier alpha value is -4.42. The van der Waals surface area contributed by atoms with Crippen molar-refractivity contribution in [2.75, 3.05) is 0 Å². The van der Waals surface area contributed by atoms with Crippen LogP contribution in [0.15, 0.2) is 78.9 Å². The Morgan fingerprint density at radius 1 is 0.930 bits per heavy atom. The summed E-state index contributed by atoms with van der Waals surface area (Å²) in [6, 6.07) is 24.4. The van der Waals surface area contributed by atoms with Crippen molar-refractivity contribution in [1.82, 2.24) is 15.3 Å². The van der Waals surface area contributed by atoms with Crippen LogP contribution in [0.4, 0.5) is 0 Å². The van der Waals surface area contributed by atoms with E-state index in [1.165, 1.54) is 11.6 Å². The highest BCUT2D eigenvalue weighted by atomic mass is 35.5. The van der Waals surface area contributed by atoms with Crippen LogP contribution in [0, 0.1) is 6.92 Å². The van der Waals surface area contributed by atoms with Gasteiger partial charge < -0.3 is 15.4 Å². The van der Waals surface area contributed by atoms with E-state index >= 15 is 0 Å².